The summed E-state index contributed by atoms with van der Waals surface area (Å²) in [6, 6.07) is 3.67. The van der Waals surface area contributed by atoms with E-state index in [1.807, 2.05) is 11.3 Å². The lowest BCUT2D eigenvalue weighted by atomic mass is 9.94. The lowest BCUT2D eigenvalue weighted by Gasteiger charge is -2.24. The first kappa shape index (κ1) is 11.2. The van der Waals surface area contributed by atoms with Crippen molar-refractivity contribution in [2.24, 2.45) is 5.41 Å². The molecule has 0 aromatic carbocycles. The minimum Gasteiger partial charge on any atom is -0.307 e. The Bertz CT molecular complexity index is 410. The van der Waals surface area contributed by atoms with E-state index in [0.29, 0.717) is 11.5 Å². The fourth-order valence-electron chi connectivity index (χ4n) is 2.69. The lowest BCUT2D eigenvalue weighted by Crippen LogP contribution is -2.28. The second-order valence-electron chi connectivity index (χ2n) is 5.79. The molecule has 0 aliphatic heterocycles. The molecular weight excluding hydrogens is 282 g/mol. The van der Waals surface area contributed by atoms with Crippen LogP contribution in [0.2, 0.25) is 0 Å². The third-order valence-corrected chi connectivity index (χ3v) is 5.71. The Kier molecular flexibility index (Phi) is 2.69. The summed E-state index contributed by atoms with van der Waals surface area (Å²) < 4.78 is 1.29. The van der Waals surface area contributed by atoms with E-state index >= 15 is 0 Å². The highest BCUT2D eigenvalue weighted by molar-refractivity contribution is 9.11. The van der Waals surface area contributed by atoms with Crippen LogP contribution >= 0.6 is 27.3 Å². The molecule has 0 radical (unpaired) electrons. The molecule has 2 atom stereocenters. The predicted molar refractivity (Wildman–Crippen MR) is 73.0 cm³/mol. The number of hydrogen-bond acceptors (Lipinski definition) is 2. The van der Waals surface area contributed by atoms with Gasteiger partial charge < -0.3 is 5.32 Å². The van der Waals surface area contributed by atoms with Crippen LogP contribution in [0.15, 0.2) is 9.85 Å². The number of nitrogens with one attached hydrogen (secondary N) is 1. The third kappa shape index (κ3) is 1.98. The average molecular weight is 300 g/mol. The van der Waals surface area contributed by atoms with E-state index in [1.54, 1.807) is 10.4 Å². The Morgan fingerprint density at radius 1 is 1.50 bits per heavy atom. The van der Waals surface area contributed by atoms with Gasteiger partial charge in [0, 0.05) is 17.0 Å². The maximum atomic E-state index is 3.84. The van der Waals surface area contributed by atoms with Gasteiger partial charge in [0.1, 0.15) is 0 Å². The third-order valence-electron chi connectivity index (χ3n) is 4.00. The number of aryl methyl sites for hydroxylation is 1. The normalized spacial score (nSPS) is 31.2. The minimum absolute atomic E-state index is 0.533. The monoisotopic (exact) mass is 299 g/mol. The van der Waals surface area contributed by atoms with Crippen LogP contribution in [-0.2, 0) is 6.42 Å². The summed E-state index contributed by atoms with van der Waals surface area (Å²) in [6.45, 7) is 4.72. The van der Waals surface area contributed by atoms with E-state index < -0.39 is 0 Å². The molecule has 0 amide bonds. The zero-order chi connectivity index (χ0) is 11.3. The zero-order valence-corrected chi connectivity index (χ0v) is 12.2. The van der Waals surface area contributed by atoms with Crippen molar-refractivity contribution in [3.63, 3.8) is 0 Å². The van der Waals surface area contributed by atoms with Gasteiger partial charge >= 0.3 is 0 Å². The van der Waals surface area contributed by atoms with Gasteiger partial charge in [-0.15, -0.1) is 11.3 Å². The molecule has 3 rings (SSSR count). The standard InChI is InChI=1S/C13H18BrNS/c1-13(2)7-11(13)15-9-4-3-5-10-8(9)6-12(14)16-10/h6,9,11,15H,3-5,7H2,1-2H3. The van der Waals surface area contributed by atoms with Crippen LogP contribution in [0.5, 0.6) is 0 Å². The number of thiophene rings is 1. The number of hydrogen-bond donors (Lipinski definition) is 1. The van der Waals surface area contributed by atoms with Gasteiger partial charge in [0.15, 0.2) is 0 Å². The van der Waals surface area contributed by atoms with Crippen molar-refractivity contribution in [1.29, 1.82) is 0 Å². The van der Waals surface area contributed by atoms with E-state index in [9.17, 15) is 0 Å². The van der Waals surface area contributed by atoms with Gasteiger partial charge in [-0.3, -0.25) is 0 Å². The molecule has 1 nitrogen and oxygen atoms in total. The maximum absolute atomic E-state index is 3.84. The number of rotatable bonds is 2. The zero-order valence-electron chi connectivity index (χ0n) is 9.85. The van der Waals surface area contributed by atoms with Gasteiger partial charge in [-0.25, -0.2) is 0 Å². The highest BCUT2D eigenvalue weighted by Crippen LogP contribution is 2.47. The number of halogens is 1. The predicted octanol–water partition coefficient (Wildman–Crippen LogP) is 4.28. The first-order valence-corrected chi connectivity index (χ1v) is 7.71. The summed E-state index contributed by atoms with van der Waals surface area (Å²) in [5, 5.41) is 3.84. The second-order valence-corrected chi connectivity index (χ2v) is 8.30. The highest BCUT2D eigenvalue weighted by atomic mass is 79.9. The molecule has 1 aromatic rings. The Labute approximate surface area is 110 Å². The topological polar surface area (TPSA) is 12.0 Å². The van der Waals surface area contributed by atoms with Crippen molar-refractivity contribution in [2.45, 2.75) is 51.6 Å². The molecule has 3 heteroatoms. The van der Waals surface area contributed by atoms with Gasteiger partial charge in [0.25, 0.3) is 0 Å². The summed E-state index contributed by atoms with van der Waals surface area (Å²) in [7, 11) is 0. The fourth-order valence-corrected chi connectivity index (χ4v) is 4.51. The SMILES string of the molecule is CC1(C)CC1NC1CCCc2sc(Br)cc21. The van der Waals surface area contributed by atoms with Gasteiger partial charge in [0.05, 0.1) is 3.79 Å². The molecule has 2 aliphatic rings. The molecule has 1 heterocycles. The van der Waals surface area contributed by atoms with Crippen LogP contribution in [0.4, 0.5) is 0 Å². The first-order valence-electron chi connectivity index (χ1n) is 6.10. The summed E-state index contributed by atoms with van der Waals surface area (Å²) >= 11 is 5.53. The second kappa shape index (κ2) is 3.82. The Balaban J connectivity index is 1.77. The van der Waals surface area contributed by atoms with Gasteiger partial charge in [-0.1, -0.05) is 13.8 Å². The van der Waals surface area contributed by atoms with Crippen molar-refractivity contribution >= 4 is 27.3 Å². The molecule has 1 fully saturated rings. The van der Waals surface area contributed by atoms with Crippen molar-refractivity contribution in [1.82, 2.24) is 5.32 Å². The summed E-state index contributed by atoms with van der Waals surface area (Å²) in [5.74, 6) is 0. The van der Waals surface area contributed by atoms with Crippen molar-refractivity contribution in [2.75, 3.05) is 0 Å². The van der Waals surface area contributed by atoms with Crippen LogP contribution in [0.3, 0.4) is 0 Å². The van der Waals surface area contributed by atoms with E-state index in [-0.39, 0.29) is 0 Å². The van der Waals surface area contributed by atoms with Crippen LogP contribution < -0.4 is 5.32 Å². The van der Waals surface area contributed by atoms with Crippen LogP contribution in [-0.4, -0.2) is 6.04 Å². The van der Waals surface area contributed by atoms with E-state index in [4.69, 9.17) is 0 Å². The highest BCUT2D eigenvalue weighted by Gasteiger charge is 2.46. The van der Waals surface area contributed by atoms with Crippen LogP contribution in [0.25, 0.3) is 0 Å². The van der Waals surface area contributed by atoms with Crippen LogP contribution in [0, 0.1) is 5.41 Å². The molecule has 16 heavy (non-hydrogen) atoms. The van der Waals surface area contributed by atoms with E-state index in [2.05, 4.69) is 41.2 Å². The van der Waals surface area contributed by atoms with Crippen molar-refractivity contribution in [3.05, 3.63) is 20.3 Å². The molecule has 88 valence electrons. The Morgan fingerprint density at radius 2 is 2.25 bits per heavy atom. The van der Waals surface area contributed by atoms with E-state index in [1.165, 1.54) is 29.5 Å². The maximum Gasteiger partial charge on any atom is 0.0704 e. The largest absolute Gasteiger partial charge is 0.307 e. The molecule has 1 saturated carbocycles. The molecule has 1 aromatic heterocycles. The van der Waals surface area contributed by atoms with Crippen LogP contribution in [0.1, 0.15) is 49.6 Å². The van der Waals surface area contributed by atoms with Gasteiger partial charge in [-0.05, 0) is 58.7 Å². The Morgan fingerprint density at radius 3 is 2.94 bits per heavy atom. The Hall–Kier alpha value is 0.140. The van der Waals surface area contributed by atoms with Gasteiger partial charge in [-0.2, -0.15) is 0 Å². The molecule has 0 bridgehead atoms. The lowest BCUT2D eigenvalue weighted by molar-refractivity contribution is 0.426. The number of fused-ring (bicyclic) bond motifs is 1. The fraction of sp³-hybridized carbons (Fsp3) is 0.692. The van der Waals surface area contributed by atoms with Gasteiger partial charge in [0.2, 0.25) is 0 Å². The average Bonchev–Trinajstić information content (AvgIpc) is 2.64. The summed E-state index contributed by atoms with van der Waals surface area (Å²) in [6.07, 6.45) is 5.26. The molecule has 0 saturated heterocycles. The molecule has 2 unspecified atom stereocenters. The smallest absolute Gasteiger partial charge is 0.0704 e. The summed E-state index contributed by atoms with van der Waals surface area (Å²) in [4.78, 5) is 1.59. The molecule has 1 N–H and O–H groups in total. The molecule has 0 spiro atoms. The van der Waals surface area contributed by atoms with Crippen molar-refractivity contribution < 1.29 is 0 Å². The first-order chi connectivity index (χ1) is 7.56. The quantitative estimate of drug-likeness (QED) is 0.860. The molecular formula is C13H18BrNS. The minimum atomic E-state index is 0.533. The van der Waals surface area contributed by atoms with Crippen molar-refractivity contribution in [3.8, 4) is 0 Å². The molecule has 2 aliphatic carbocycles. The summed E-state index contributed by atoms with van der Waals surface area (Å²) in [5.41, 5.74) is 2.09. The van der Waals surface area contributed by atoms with E-state index in [0.717, 1.165) is 6.04 Å².